The predicted molar refractivity (Wildman–Crippen MR) is 212 cm³/mol. The van der Waals surface area contributed by atoms with Crippen molar-refractivity contribution in [3.63, 3.8) is 0 Å². The van der Waals surface area contributed by atoms with Crippen LogP contribution in [0.5, 0.6) is 0 Å². The molecular weight excluding hydrogens is 731 g/mol. The molecule has 6 N–H and O–H groups in total. The van der Waals surface area contributed by atoms with Crippen LogP contribution >= 0.6 is 7.82 Å². The summed E-state index contributed by atoms with van der Waals surface area (Å²) in [5, 5.41) is 49.9. The van der Waals surface area contributed by atoms with Gasteiger partial charge in [0.05, 0.1) is 6.61 Å². The van der Waals surface area contributed by atoms with Crippen LogP contribution in [0, 0.1) is 0 Å². The van der Waals surface area contributed by atoms with Crippen LogP contribution in [0.25, 0.3) is 0 Å². The second-order valence-electron chi connectivity index (χ2n) is 15.6. The lowest BCUT2D eigenvalue weighted by Gasteiger charge is -2.41. The Morgan fingerprint density at radius 1 is 0.491 bits per heavy atom. The van der Waals surface area contributed by atoms with Crippen molar-refractivity contribution in [1.29, 1.82) is 0 Å². The van der Waals surface area contributed by atoms with E-state index < -0.39 is 75.7 Å². The van der Waals surface area contributed by atoms with Crippen LogP contribution in [0.2, 0.25) is 0 Å². The summed E-state index contributed by atoms with van der Waals surface area (Å²) < 4.78 is 33.4. The lowest BCUT2D eigenvalue weighted by atomic mass is 9.85. The van der Waals surface area contributed by atoms with E-state index in [1.807, 2.05) is 0 Å². The summed E-state index contributed by atoms with van der Waals surface area (Å²) >= 11 is 0. The van der Waals surface area contributed by atoms with Crippen molar-refractivity contribution in [2.45, 2.75) is 236 Å². The largest absolute Gasteiger partial charge is 0.472 e. The molecule has 1 rings (SSSR count). The number of hydrogen-bond acceptors (Lipinski definition) is 12. The Kier molecular flexibility index (Phi) is 30.9. The van der Waals surface area contributed by atoms with E-state index in [0.29, 0.717) is 12.8 Å². The third kappa shape index (κ3) is 25.7. The van der Waals surface area contributed by atoms with Crippen molar-refractivity contribution >= 4 is 19.8 Å². The number of carbonyl (C=O) groups is 2. The number of ether oxygens (including phenoxy) is 2. The predicted octanol–water partition coefficient (Wildman–Crippen LogP) is 7.72. The third-order valence-corrected chi connectivity index (χ3v) is 11.4. The van der Waals surface area contributed by atoms with Gasteiger partial charge in [-0.3, -0.25) is 18.6 Å². The molecular formula is C41H79O13P. The summed E-state index contributed by atoms with van der Waals surface area (Å²) in [5.74, 6) is -1.09. The molecule has 0 bridgehead atoms. The maximum atomic E-state index is 12.7. The number of carbonyl (C=O) groups excluding carboxylic acids is 2. The highest BCUT2D eigenvalue weighted by molar-refractivity contribution is 7.47. The minimum atomic E-state index is -5.10. The highest BCUT2D eigenvalue weighted by atomic mass is 31.2. The van der Waals surface area contributed by atoms with Gasteiger partial charge in [-0.2, -0.15) is 0 Å². The Morgan fingerprint density at radius 2 is 0.818 bits per heavy atom. The molecule has 0 saturated heterocycles. The average Bonchev–Trinajstić information content (AvgIpc) is 3.16. The minimum absolute atomic E-state index is 0.102. The van der Waals surface area contributed by atoms with E-state index >= 15 is 0 Å². The molecule has 326 valence electrons. The lowest BCUT2D eigenvalue weighted by molar-refractivity contribution is -0.220. The van der Waals surface area contributed by atoms with Crippen LogP contribution in [0.15, 0.2) is 0 Å². The molecule has 1 saturated carbocycles. The number of hydrogen-bond donors (Lipinski definition) is 6. The Labute approximate surface area is 331 Å². The zero-order valence-electron chi connectivity index (χ0n) is 34.2. The molecule has 0 radical (unpaired) electrons. The Bertz CT molecular complexity index is 985. The van der Waals surface area contributed by atoms with E-state index in [2.05, 4.69) is 13.8 Å². The molecule has 13 nitrogen and oxygen atoms in total. The van der Waals surface area contributed by atoms with Gasteiger partial charge in [0.15, 0.2) is 6.10 Å². The summed E-state index contributed by atoms with van der Waals surface area (Å²) in [6.45, 7) is 3.26. The fourth-order valence-corrected chi connectivity index (χ4v) is 7.85. The molecule has 0 aliphatic heterocycles. The molecule has 0 aromatic rings. The third-order valence-electron chi connectivity index (χ3n) is 10.4. The van der Waals surface area contributed by atoms with Gasteiger partial charge >= 0.3 is 19.8 Å². The van der Waals surface area contributed by atoms with E-state index in [1.165, 1.54) is 109 Å². The zero-order valence-corrected chi connectivity index (χ0v) is 35.1. The molecule has 14 heteroatoms. The van der Waals surface area contributed by atoms with Crippen LogP contribution in [0.4, 0.5) is 0 Å². The molecule has 1 aliphatic carbocycles. The first kappa shape index (κ1) is 51.9. The number of aliphatic hydroxyl groups is 5. The second-order valence-corrected chi connectivity index (χ2v) is 17.0. The molecule has 0 heterocycles. The quantitative estimate of drug-likeness (QED) is 0.0204. The van der Waals surface area contributed by atoms with Crippen LogP contribution in [-0.2, 0) is 32.7 Å². The first-order chi connectivity index (χ1) is 26.4. The van der Waals surface area contributed by atoms with Gasteiger partial charge in [-0.05, 0) is 12.8 Å². The van der Waals surface area contributed by atoms with Crippen molar-refractivity contribution in [2.75, 3.05) is 13.2 Å². The summed E-state index contributed by atoms with van der Waals surface area (Å²) in [6, 6.07) is 0. The SMILES string of the molecule is CCCCCCCCCCCCCCCCCCCCC(=O)OC[C@@H](COP(=O)(O)OC1C(O)C(O)C(O)[C@H](O)C1O)OC(=O)CCCCCCCCCC. The molecule has 1 aliphatic rings. The van der Waals surface area contributed by atoms with E-state index in [9.17, 15) is 44.6 Å². The molecule has 0 aromatic heterocycles. The Morgan fingerprint density at radius 3 is 1.20 bits per heavy atom. The van der Waals surface area contributed by atoms with Crippen molar-refractivity contribution in [1.82, 2.24) is 0 Å². The maximum absolute atomic E-state index is 12.7. The van der Waals surface area contributed by atoms with Crippen molar-refractivity contribution in [3.05, 3.63) is 0 Å². The first-order valence-corrected chi connectivity index (χ1v) is 23.3. The Balaban J connectivity index is 2.39. The van der Waals surface area contributed by atoms with Crippen LogP contribution < -0.4 is 0 Å². The molecule has 55 heavy (non-hydrogen) atoms. The highest BCUT2D eigenvalue weighted by Gasteiger charge is 2.51. The van der Waals surface area contributed by atoms with Crippen LogP contribution in [-0.4, -0.2) is 98.3 Å². The fourth-order valence-electron chi connectivity index (χ4n) is 6.88. The summed E-state index contributed by atoms with van der Waals surface area (Å²) in [6.07, 6.45) is 17.7. The fraction of sp³-hybridized carbons (Fsp3) is 0.951. The molecule has 6 unspecified atom stereocenters. The molecule has 8 atom stereocenters. The summed E-state index contributed by atoms with van der Waals surface area (Å²) in [4.78, 5) is 35.5. The first-order valence-electron chi connectivity index (χ1n) is 21.8. The van der Waals surface area contributed by atoms with Gasteiger partial charge in [0.1, 0.15) is 43.2 Å². The standard InChI is InChI=1S/C41H79O13P/c1-3-5-7-9-11-13-14-15-16-17-18-19-20-21-22-24-25-27-29-34(42)51-31-33(53-35(43)30-28-26-23-12-10-8-6-4-2)32-52-55(49,50)54-41-39(47)37(45)36(44)38(46)40(41)48/h33,36-41,44-48H,3-32H2,1-2H3,(H,49,50)/t33-,36?,37-,38?,39?,40?,41?/m0/s1. The topological polar surface area (TPSA) is 210 Å². The average molecular weight is 811 g/mol. The second kappa shape index (κ2) is 32.8. The van der Waals surface area contributed by atoms with Gasteiger partial charge in [-0.25, -0.2) is 4.57 Å². The number of aliphatic hydroxyl groups excluding tert-OH is 5. The van der Waals surface area contributed by atoms with Crippen LogP contribution in [0.1, 0.15) is 194 Å². The van der Waals surface area contributed by atoms with E-state index in [0.717, 1.165) is 44.9 Å². The number of rotatable bonds is 36. The molecule has 0 aromatic carbocycles. The smallest absolute Gasteiger partial charge is 0.462 e. The number of unbranched alkanes of at least 4 members (excludes halogenated alkanes) is 24. The number of phosphoric ester groups is 1. The van der Waals surface area contributed by atoms with E-state index in [-0.39, 0.29) is 12.8 Å². The van der Waals surface area contributed by atoms with Crippen molar-refractivity contribution < 1.29 is 63.1 Å². The van der Waals surface area contributed by atoms with Crippen molar-refractivity contribution in [3.8, 4) is 0 Å². The monoisotopic (exact) mass is 811 g/mol. The van der Waals surface area contributed by atoms with Gasteiger partial charge < -0.3 is 39.9 Å². The molecule has 0 spiro atoms. The van der Waals surface area contributed by atoms with E-state index in [1.54, 1.807) is 0 Å². The number of phosphoric acid groups is 1. The van der Waals surface area contributed by atoms with E-state index in [4.69, 9.17) is 18.5 Å². The Hall–Kier alpha value is -1.15. The minimum Gasteiger partial charge on any atom is -0.462 e. The lowest BCUT2D eigenvalue weighted by Crippen LogP contribution is -2.64. The van der Waals surface area contributed by atoms with Gasteiger partial charge in [0.25, 0.3) is 0 Å². The van der Waals surface area contributed by atoms with Gasteiger partial charge in [-0.1, -0.05) is 168 Å². The maximum Gasteiger partial charge on any atom is 0.472 e. The highest BCUT2D eigenvalue weighted by Crippen LogP contribution is 2.47. The molecule has 1 fully saturated rings. The molecule has 0 amide bonds. The van der Waals surface area contributed by atoms with Gasteiger partial charge in [-0.15, -0.1) is 0 Å². The summed E-state index contributed by atoms with van der Waals surface area (Å²) in [5.41, 5.74) is 0. The normalized spacial score (nSPS) is 23.0. The zero-order chi connectivity index (χ0) is 40.7. The van der Waals surface area contributed by atoms with Gasteiger partial charge in [0.2, 0.25) is 0 Å². The van der Waals surface area contributed by atoms with Crippen molar-refractivity contribution in [2.24, 2.45) is 0 Å². The summed E-state index contributed by atoms with van der Waals surface area (Å²) in [7, 11) is -5.10. The van der Waals surface area contributed by atoms with Crippen LogP contribution in [0.3, 0.4) is 0 Å². The van der Waals surface area contributed by atoms with Gasteiger partial charge in [0, 0.05) is 12.8 Å². The number of esters is 2.